The SMILES string of the molecule is CC1=C(C#N)CCC(C#N)=C2CCCN12. The molecule has 2 aliphatic rings. The largest absolute Gasteiger partial charge is 0.347 e. The molecule has 0 atom stereocenters. The highest BCUT2D eigenvalue weighted by Crippen LogP contribution is 2.34. The zero-order valence-electron chi connectivity index (χ0n) is 8.88. The van der Waals surface area contributed by atoms with Crippen LogP contribution in [0.3, 0.4) is 0 Å². The summed E-state index contributed by atoms with van der Waals surface area (Å²) in [5, 5.41) is 18.1. The minimum Gasteiger partial charge on any atom is -0.347 e. The van der Waals surface area contributed by atoms with E-state index in [1.54, 1.807) is 0 Å². The van der Waals surface area contributed by atoms with Crippen molar-refractivity contribution in [2.45, 2.75) is 32.6 Å². The van der Waals surface area contributed by atoms with Gasteiger partial charge in [0.25, 0.3) is 0 Å². The molecule has 1 fully saturated rings. The summed E-state index contributed by atoms with van der Waals surface area (Å²) in [6.45, 7) is 2.95. The standard InChI is InChI=1S/C12H13N3/c1-9-10(7-13)4-5-11(8-14)12-3-2-6-15(9)12/h2-6H2,1H3. The van der Waals surface area contributed by atoms with Crippen molar-refractivity contribution < 1.29 is 0 Å². The van der Waals surface area contributed by atoms with E-state index in [9.17, 15) is 0 Å². The van der Waals surface area contributed by atoms with Gasteiger partial charge in [0.05, 0.1) is 12.1 Å². The van der Waals surface area contributed by atoms with Gasteiger partial charge in [0, 0.05) is 29.1 Å². The number of fused-ring (bicyclic) bond motifs is 1. The van der Waals surface area contributed by atoms with Crippen molar-refractivity contribution in [1.29, 1.82) is 10.5 Å². The predicted molar refractivity (Wildman–Crippen MR) is 56.1 cm³/mol. The fraction of sp³-hybridized carbons (Fsp3) is 0.500. The smallest absolute Gasteiger partial charge is 0.0965 e. The van der Waals surface area contributed by atoms with E-state index in [1.807, 2.05) is 6.92 Å². The molecule has 0 N–H and O–H groups in total. The summed E-state index contributed by atoms with van der Waals surface area (Å²) in [4.78, 5) is 2.16. The van der Waals surface area contributed by atoms with E-state index >= 15 is 0 Å². The number of allylic oxidation sites excluding steroid dienone is 4. The monoisotopic (exact) mass is 199 g/mol. The summed E-state index contributed by atoms with van der Waals surface area (Å²) >= 11 is 0. The summed E-state index contributed by atoms with van der Waals surface area (Å²) < 4.78 is 0. The maximum atomic E-state index is 9.07. The van der Waals surface area contributed by atoms with E-state index in [0.29, 0.717) is 6.42 Å². The number of rotatable bonds is 0. The van der Waals surface area contributed by atoms with Gasteiger partial charge in [0.15, 0.2) is 0 Å². The van der Waals surface area contributed by atoms with Crippen LogP contribution in [0.15, 0.2) is 22.5 Å². The van der Waals surface area contributed by atoms with Crippen molar-refractivity contribution in [2.75, 3.05) is 6.54 Å². The van der Waals surface area contributed by atoms with E-state index in [2.05, 4.69) is 17.0 Å². The van der Waals surface area contributed by atoms with Crippen LogP contribution in [-0.2, 0) is 0 Å². The van der Waals surface area contributed by atoms with Gasteiger partial charge in [-0.3, -0.25) is 0 Å². The molecule has 0 spiro atoms. The lowest BCUT2D eigenvalue weighted by Gasteiger charge is -2.20. The van der Waals surface area contributed by atoms with Crippen molar-refractivity contribution in [2.24, 2.45) is 0 Å². The first kappa shape index (κ1) is 9.80. The molecule has 2 heterocycles. The lowest BCUT2D eigenvalue weighted by atomic mass is 10.1. The Hall–Kier alpha value is -1.74. The Morgan fingerprint density at radius 1 is 1.07 bits per heavy atom. The molecule has 0 aliphatic carbocycles. The Labute approximate surface area is 89.9 Å². The molecule has 0 aromatic rings. The van der Waals surface area contributed by atoms with Crippen LogP contribution in [0.1, 0.15) is 32.6 Å². The first-order chi connectivity index (χ1) is 7.27. The van der Waals surface area contributed by atoms with Gasteiger partial charge in [-0.2, -0.15) is 10.5 Å². The van der Waals surface area contributed by atoms with Gasteiger partial charge in [0.2, 0.25) is 0 Å². The Kier molecular flexibility index (Phi) is 2.47. The molecule has 3 nitrogen and oxygen atoms in total. The van der Waals surface area contributed by atoms with Crippen LogP contribution in [-0.4, -0.2) is 11.4 Å². The summed E-state index contributed by atoms with van der Waals surface area (Å²) in [6, 6.07) is 4.54. The molecule has 3 heteroatoms. The van der Waals surface area contributed by atoms with Crippen molar-refractivity contribution in [3.05, 3.63) is 22.5 Å². The first-order valence-electron chi connectivity index (χ1n) is 5.27. The summed E-state index contributed by atoms with van der Waals surface area (Å²) in [5.41, 5.74) is 3.91. The Balaban J connectivity index is 2.47. The lowest BCUT2D eigenvalue weighted by molar-refractivity contribution is 0.485. The van der Waals surface area contributed by atoms with Crippen LogP contribution in [0.5, 0.6) is 0 Å². The van der Waals surface area contributed by atoms with Crippen molar-refractivity contribution in [3.63, 3.8) is 0 Å². The van der Waals surface area contributed by atoms with E-state index in [4.69, 9.17) is 10.5 Å². The average Bonchev–Trinajstić information content (AvgIpc) is 2.68. The fourth-order valence-corrected chi connectivity index (χ4v) is 2.35. The molecule has 2 aliphatic heterocycles. The van der Waals surface area contributed by atoms with Gasteiger partial charge in [-0.05, 0) is 32.6 Å². The maximum absolute atomic E-state index is 9.07. The molecule has 2 rings (SSSR count). The van der Waals surface area contributed by atoms with Crippen LogP contribution in [0, 0.1) is 22.7 Å². The van der Waals surface area contributed by atoms with Crippen molar-refractivity contribution in [1.82, 2.24) is 4.90 Å². The molecule has 0 radical (unpaired) electrons. The highest BCUT2D eigenvalue weighted by Gasteiger charge is 2.26. The Bertz CT molecular complexity index is 429. The highest BCUT2D eigenvalue weighted by molar-refractivity contribution is 5.39. The second-order valence-corrected chi connectivity index (χ2v) is 3.97. The number of hydrogen-bond acceptors (Lipinski definition) is 3. The van der Waals surface area contributed by atoms with E-state index in [1.165, 1.54) is 0 Å². The molecular weight excluding hydrogens is 186 g/mol. The number of nitrogens with zero attached hydrogens (tertiary/aromatic N) is 3. The third-order valence-electron chi connectivity index (χ3n) is 3.21. The molecular formula is C12H13N3. The van der Waals surface area contributed by atoms with Crippen molar-refractivity contribution in [3.8, 4) is 12.1 Å². The average molecular weight is 199 g/mol. The first-order valence-corrected chi connectivity index (χ1v) is 5.27. The molecule has 0 bridgehead atoms. The molecule has 15 heavy (non-hydrogen) atoms. The van der Waals surface area contributed by atoms with E-state index in [0.717, 1.165) is 48.3 Å². The quantitative estimate of drug-likeness (QED) is 0.602. The van der Waals surface area contributed by atoms with Gasteiger partial charge >= 0.3 is 0 Å². The fourth-order valence-electron chi connectivity index (χ4n) is 2.35. The van der Waals surface area contributed by atoms with Crippen LogP contribution in [0.4, 0.5) is 0 Å². The van der Waals surface area contributed by atoms with Crippen LogP contribution in [0.2, 0.25) is 0 Å². The normalized spacial score (nSPS) is 20.9. The van der Waals surface area contributed by atoms with Gasteiger partial charge in [-0.15, -0.1) is 0 Å². The van der Waals surface area contributed by atoms with Gasteiger partial charge in [-0.1, -0.05) is 0 Å². The Morgan fingerprint density at radius 2 is 1.73 bits per heavy atom. The van der Waals surface area contributed by atoms with Gasteiger partial charge in [0.1, 0.15) is 0 Å². The minimum absolute atomic E-state index is 0.714. The molecule has 76 valence electrons. The van der Waals surface area contributed by atoms with Crippen LogP contribution < -0.4 is 0 Å². The maximum Gasteiger partial charge on any atom is 0.0965 e. The molecule has 0 unspecified atom stereocenters. The summed E-state index contributed by atoms with van der Waals surface area (Å²) in [6.07, 6.45) is 3.52. The van der Waals surface area contributed by atoms with Crippen LogP contribution in [0.25, 0.3) is 0 Å². The second kappa shape index (κ2) is 3.79. The predicted octanol–water partition coefficient (Wildman–Crippen LogP) is 2.45. The highest BCUT2D eigenvalue weighted by atomic mass is 15.2. The third-order valence-corrected chi connectivity index (χ3v) is 3.21. The topological polar surface area (TPSA) is 50.8 Å². The molecule has 0 aromatic carbocycles. The van der Waals surface area contributed by atoms with Crippen LogP contribution >= 0.6 is 0 Å². The third kappa shape index (κ3) is 1.51. The second-order valence-electron chi connectivity index (χ2n) is 3.97. The molecule has 0 saturated carbocycles. The lowest BCUT2D eigenvalue weighted by Crippen LogP contribution is -2.16. The molecule has 0 aromatic heterocycles. The molecule has 1 saturated heterocycles. The zero-order chi connectivity index (χ0) is 10.8. The van der Waals surface area contributed by atoms with Crippen molar-refractivity contribution >= 4 is 0 Å². The zero-order valence-corrected chi connectivity index (χ0v) is 8.88. The van der Waals surface area contributed by atoms with E-state index < -0.39 is 0 Å². The van der Waals surface area contributed by atoms with Gasteiger partial charge in [-0.25, -0.2) is 0 Å². The van der Waals surface area contributed by atoms with Gasteiger partial charge < -0.3 is 4.90 Å². The number of hydrogen-bond donors (Lipinski definition) is 0. The Morgan fingerprint density at radius 3 is 2.40 bits per heavy atom. The summed E-state index contributed by atoms with van der Waals surface area (Å²) in [7, 11) is 0. The summed E-state index contributed by atoms with van der Waals surface area (Å²) in [5.74, 6) is 0. The minimum atomic E-state index is 0.714. The number of nitriles is 2. The molecule has 0 amide bonds. The van der Waals surface area contributed by atoms with E-state index in [-0.39, 0.29) is 0 Å².